The summed E-state index contributed by atoms with van der Waals surface area (Å²) >= 11 is 0. The van der Waals surface area contributed by atoms with Gasteiger partial charge in [-0.3, -0.25) is 4.21 Å². The fourth-order valence-electron chi connectivity index (χ4n) is 1.92. The maximum atomic E-state index is 12.4. The highest BCUT2D eigenvalue weighted by molar-refractivity contribution is 7.84. The minimum atomic E-state index is -4.80. The second kappa shape index (κ2) is 8.02. The highest BCUT2D eigenvalue weighted by atomic mass is 32.2. The van der Waals surface area contributed by atoms with Gasteiger partial charge >= 0.3 is 6.36 Å². The zero-order valence-corrected chi connectivity index (χ0v) is 14.0. The van der Waals surface area contributed by atoms with E-state index in [4.69, 9.17) is 5.73 Å². The van der Waals surface area contributed by atoms with Crippen molar-refractivity contribution in [1.29, 1.82) is 0 Å². The molecule has 0 fully saturated rings. The maximum absolute atomic E-state index is 12.4. The molecule has 25 heavy (non-hydrogen) atoms. The number of ether oxygens (including phenoxy) is 1. The number of nitrogens with one attached hydrogen (secondary N) is 1. The zero-order chi connectivity index (χ0) is 18.4. The minimum absolute atomic E-state index is 0.0535. The number of anilines is 1. The van der Waals surface area contributed by atoms with E-state index >= 15 is 0 Å². The van der Waals surface area contributed by atoms with Gasteiger partial charge in [0.05, 0.1) is 12.2 Å². The second-order valence-electron chi connectivity index (χ2n) is 4.97. The number of rotatable bonds is 5. The number of hydrogen-bond acceptors (Lipinski definition) is 3. The van der Waals surface area contributed by atoms with E-state index in [1.165, 1.54) is 18.2 Å². The first-order valence-electron chi connectivity index (χ1n) is 7.09. The Hall–Kier alpha value is -2.55. The number of para-hydroxylation sites is 2. The number of nitrogens with zero attached hydrogens (tertiary/aromatic N) is 1. The van der Waals surface area contributed by atoms with Crippen LogP contribution in [0.2, 0.25) is 0 Å². The highest BCUT2D eigenvalue weighted by Crippen LogP contribution is 2.29. The first kappa shape index (κ1) is 18.8. The Balaban J connectivity index is 2.05. The first-order valence-corrected chi connectivity index (χ1v) is 8.64. The molecule has 0 saturated heterocycles. The van der Waals surface area contributed by atoms with Crippen molar-refractivity contribution in [2.75, 3.05) is 11.6 Å². The van der Waals surface area contributed by atoms with Crippen molar-refractivity contribution in [2.45, 2.75) is 17.8 Å². The van der Waals surface area contributed by atoms with Crippen LogP contribution in [-0.2, 0) is 17.3 Å². The summed E-state index contributed by atoms with van der Waals surface area (Å²) in [6.07, 6.45) is -3.22. The minimum Gasteiger partial charge on any atom is -0.404 e. The summed E-state index contributed by atoms with van der Waals surface area (Å²) in [7, 11) is -1.07. The van der Waals surface area contributed by atoms with Crippen LogP contribution in [0.1, 0.15) is 5.56 Å². The molecule has 9 heteroatoms. The third-order valence-electron chi connectivity index (χ3n) is 3.06. The van der Waals surface area contributed by atoms with E-state index < -0.39 is 22.9 Å². The predicted octanol–water partition coefficient (Wildman–Crippen LogP) is 3.25. The quantitative estimate of drug-likeness (QED) is 0.625. The van der Waals surface area contributed by atoms with Gasteiger partial charge in [-0.15, -0.1) is 13.2 Å². The standard InChI is InChI=1S/C16H16F3N3O2S/c1-25(23)12-8-6-11(7-9-12)10-21-15(20)22-13-4-2-3-5-14(13)24-16(17,18)19/h2-9H,10H2,1H3,(H3,20,21,22). The molecule has 134 valence electrons. The molecule has 2 rings (SSSR count). The van der Waals surface area contributed by atoms with E-state index in [-0.39, 0.29) is 18.2 Å². The normalized spacial score (nSPS) is 13.4. The topological polar surface area (TPSA) is 76.7 Å². The van der Waals surface area contributed by atoms with Crippen molar-refractivity contribution in [3.63, 3.8) is 0 Å². The van der Waals surface area contributed by atoms with Crippen LogP contribution in [-0.4, -0.2) is 22.8 Å². The Bertz CT molecular complexity index is 777. The molecule has 0 spiro atoms. The van der Waals surface area contributed by atoms with Crippen LogP contribution in [0.25, 0.3) is 0 Å². The van der Waals surface area contributed by atoms with Crippen LogP contribution in [0.15, 0.2) is 58.4 Å². The number of nitrogens with two attached hydrogens (primary N) is 1. The van der Waals surface area contributed by atoms with Gasteiger partial charge in [-0.1, -0.05) is 24.3 Å². The summed E-state index contributed by atoms with van der Waals surface area (Å²) in [6, 6.07) is 12.5. The Kier molecular flexibility index (Phi) is 6.02. The van der Waals surface area contributed by atoms with E-state index in [0.717, 1.165) is 5.56 Å². The summed E-state index contributed by atoms with van der Waals surface area (Å²) in [5.74, 6) is -0.454. The SMILES string of the molecule is CS(=O)c1ccc(CN=C(N)Nc2ccccc2OC(F)(F)F)cc1. The fraction of sp³-hybridized carbons (Fsp3) is 0.188. The van der Waals surface area contributed by atoms with Crippen molar-refractivity contribution < 1.29 is 22.1 Å². The molecule has 0 aromatic heterocycles. The van der Waals surface area contributed by atoms with Crippen molar-refractivity contribution in [3.05, 3.63) is 54.1 Å². The average Bonchev–Trinajstić information content (AvgIpc) is 2.54. The summed E-state index contributed by atoms with van der Waals surface area (Å²) < 4.78 is 52.4. The molecule has 0 heterocycles. The third kappa shape index (κ3) is 6.11. The molecule has 2 aromatic carbocycles. The Labute approximate surface area is 145 Å². The maximum Gasteiger partial charge on any atom is 0.573 e. The van der Waals surface area contributed by atoms with Gasteiger partial charge in [-0.2, -0.15) is 0 Å². The molecule has 0 aliphatic heterocycles. The number of halogens is 3. The van der Waals surface area contributed by atoms with Crippen molar-refractivity contribution in [2.24, 2.45) is 10.7 Å². The Morgan fingerprint density at radius 1 is 1.20 bits per heavy atom. The number of aliphatic imine (C=N–C) groups is 1. The van der Waals surface area contributed by atoms with E-state index in [0.29, 0.717) is 4.90 Å². The van der Waals surface area contributed by atoms with Crippen LogP contribution in [0.5, 0.6) is 5.75 Å². The largest absolute Gasteiger partial charge is 0.573 e. The number of guanidine groups is 1. The summed E-state index contributed by atoms with van der Waals surface area (Å²) in [5, 5.41) is 2.59. The molecule has 1 atom stereocenters. The number of alkyl halides is 3. The Morgan fingerprint density at radius 3 is 2.44 bits per heavy atom. The van der Waals surface area contributed by atoms with Crippen molar-refractivity contribution in [3.8, 4) is 5.75 Å². The van der Waals surface area contributed by atoms with Gasteiger partial charge < -0.3 is 15.8 Å². The average molecular weight is 371 g/mol. The molecule has 5 nitrogen and oxygen atoms in total. The molecule has 0 bridgehead atoms. The molecular formula is C16H16F3N3O2S. The molecular weight excluding hydrogens is 355 g/mol. The zero-order valence-electron chi connectivity index (χ0n) is 13.2. The smallest absolute Gasteiger partial charge is 0.404 e. The van der Waals surface area contributed by atoms with E-state index in [1.807, 2.05) is 0 Å². The molecule has 0 aliphatic rings. The summed E-state index contributed by atoms with van der Waals surface area (Å²) in [5.41, 5.74) is 6.59. The summed E-state index contributed by atoms with van der Waals surface area (Å²) in [4.78, 5) is 4.76. The van der Waals surface area contributed by atoms with Crippen LogP contribution < -0.4 is 15.8 Å². The van der Waals surface area contributed by atoms with E-state index in [2.05, 4.69) is 15.0 Å². The monoisotopic (exact) mass is 371 g/mol. The molecule has 0 saturated carbocycles. The van der Waals surface area contributed by atoms with Gasteiger partial charge in [0.2, 0.25) is 0 Å². The lowest BCUT2D eigenvalue weighted by molar-refractivity contribution is -0.274. The highest BCUT2D eigenvalue weighted by Gasteiger charge is 2.32. The van der Waals surface area contributed by atoms with Gasteiger partial charge in [0.15, 0.2) is 11.7 Å². The van der Waals surface area contributed by atoms with Gasteiger partial charge in [0, 0.05) is 22.0 Å². The molecule has 0 radical (unpaired) electrons. The lowest BCUT2D eigenvalue weighted by atomic mass is 10.2. The lowest BCUT2D eigenvalue weighted by Crippen LogP contribution is -2.24. The molecule has 0 amide bonds. The Morgan fingerprint density at radius 2 is 1.84 bits per heavy atom. The summed E-state index contributed by atoms with van der Waals surface area (Å²) in [6.45, 7) is 0.220. The first-order chi connectivity index (χ1) is 11.7. The van der Waals surface area contributed by atoms with Crippen molar-refractivity contribution >= 4 is 22.4 Å². The third-order valence-corrected chi connectivity index (χ3v) is 4.00. The predicted molar refractivity (Wildman–Crippen MR) is 90.8 cm³/mol. The molecule has 0 aliphatic carbocycles. The number of benzene rings is 2. The van der Waals surface area contributed by atoms with Crippen LogP contribution in [0, 0.1) is 0 Å². The van der Waals surface area contributed by atoms with Gasteiger partial charge in [-0.25, -0.2) is 4.99 Å². The van der Waals surface area contributed by atoms with Gasteiger partial charge in [0.25, 0.3) is 0 Å². The lowest BCUT2D eigenvalue weighted by Gasteiger charge is -2.14. The molecule has 3 N–H and O–H groups in total. The van der Waals surface area contributed by atoms with Gasteiger partial charge in [0.1, 0.15) is 0 Å². The van der Waals surface area contributed by atoms with Gasteiger partial charge in [-0.05, 0) is 29.8 Å². The molecule has 1 unspecified atom stereocenters. The molecule has 2 aromatic rings. The van der Waals surface area contributed by atoms with E-state index in [1.54, 1.807) is 36.6 Å². The van der Waals surface area contributed by atoms with Crippen molar-refractivity contribution in [1.82, 2.24) is 0 Å². The second-order valence-corrected chi connectivity index (χ2v) is 6.35. The van der Waals surface area contributed by atoms with E-state index in [9.17, 15) is 17.4 Å². The number of hydrogen-bond donors (Lipinski definition) is 2. The van der Waals surface area contributed by atoms with Crippen LogP contribution >= 0.6 is 0 Å². The van der Waals surface area contributed by atoms with Crippen LogP contribution in [0.4, 0.5) is 18.9 Å². The van der Waals surface area contributed by atoms with Crippen LogP contribution in [0.3, 0.4) is 0 Å². The fourth-order valence-corrected chi connectivity index (χ4v) is 2.44.